The van der Waals surface area contributed by atoms with E-state index in [1.54, 1.807) is 11.8 Å². The van der Waals surface area contributed by atoms with Gasteiger partial charge < -0.3 is 24.6 Å². The lowest BCUT2D eigenvalue weighted by Crippen LogP contribution is -2.44. The Labute approximate surface area is 257 Å². The highest BCUT2D eigenvalue weighted by molar-refractivity contribution is 6.03. The quantitative estimate of drug-likeness (QED) is 0.316. The predicted octanol–water partition coefficient (Wildman–Crippen LogP) is 4.35. The van der Waals surface area contributed by atoms with Gasteiger partial charge in [-0.3, -0.25) is 9.88 Å². The van der Waals surface area contributed by atoms with Gasteiger partial charge in [0.2, 0.25) is 0 Å². The number of aromatic hydroxyl groups is 1. The second kappa shape index (κ2) is 11.0. The first-order valence-electron chi connectivity index (χ1n) is 14.9. The van der Waals surface area contributed by atoms with Crippen molar-refractivity contribution in [2.45, 2.75) is 43.5 Å². The van der Waals surface area contributed by atoms with Crippen LogP contribution in [0.25, 0.3) is 32.9 Å². The van der Waals surface area contributed by atoms with E-state index in [2.05, 4.69) is 25.8 Å². The van der Waals surface area contributed by atoms with Crippen LogP contribution < -0.4 is 9.64 Å². The lowest BCUT2D eigenvalue weighted by molar-refractivity contribution is -0.0123. The second-order valence-electron chi connectivity index (χ2n) is 12.5. The van der Waals surface area contributed by atoms with Crippen LogP contribution in [0, 0.1) is 24.0 Å². The lowest BCUT2D eigenvalue weighted by atomic mass is 9.95. The summed E-state index contributed by atoms with van der Waals surface area (Å²) in [6, 6.07) is 5.22. The van der Waals surface area contributed by atoms with Crippen LogP contribution in [0.1, 0.15) is 31.7 Å². The summed E-state index contributed by atoms with van der Waals surface area (Å²) < 4.78 is 57.7. The number of hydrogen-bond donors (Lipinski definition) is 2. The summed E-state index contributed by atoms with van der Waals surface area (Å²) in [6.07, 6.45) is 8.12. The zero-order valence-electron chi connectivity index (χ0n) is 24.7. The average molecular weight is 620 g/mol. The number of β-amino-alcohol motifs (C(OH)–C–C–N with tert-alkyl or cyclic N) is 1. The Morgan fingerprint density at radius 3 is 2.89 bits per heavy atom. The Kier molecular flexibility index (Phi) is 7.23. The maximum Gasteiger partial charge on any atom is 0.319 e. The minimum Gasteiger partial charge on any atom is -0.508 e. The third kappa shape index (κ3) is 5.18. The van der Waals surface area contributed by atoms with Crippen molar-refractivity contribution < 1.29 is 32.9 Å². The summed E-state index contributed by atoms with van der Waals surface area (Å²) in [5.41, 5.74) is -2.05. The van der Waals surface area contributed by atoms with E-state index in [9.17, 15) is 19.0 Å². The van der Waals surface area contributed by atoms with E-state index in [4.69, 9.17) is 15.9 Å². The second-order valence-corrected chi connectivity index (χ2v) is 12.5. The number of phenolic OH excluding ortho intramolecular Hbond substituents is 1. The van der Waals surface area contributed by atoms with Gasteiger partial charge in [0.25, 0.3) is 0 Å². The molecule has 12 heteroatoms. The first-order chi connectivity index (χ1) is 21.6. The number of benzene rings is 2. The minimum atomic E-state index is -1.22. The van der Waals surface area contributed by atoms with Crippen molar-refractivity contribution in [2.24, 2.45) is 0 Å². The monoisotopic (exact) mass is 619 g/mol. The van der Waals surface area contributed by atoms with E-state index in [0.717, 1.165) is 19.4 Å². The molecule has 0 spiro atoms. The third-order valence-electron chi connectivity index (χ3n) is 9.08. The number of aromatic nitrogens is 3. The van der Waals surface area contributed by atoms with Crippen molar-refractivity contribution in [1.29, 1.82) is 0 Å². The summed E-state index contributed by atoms with van der Waals surface area (Å²) in [6.45, 7) is 3.75. The number of halogens is 3. The van der Waals surface area contributed by atoms with Crippen molar-refractivity contribution in [3.05, 3.63) is 47.7 Å². The number of phenols is 1. The molecule has 3 aliphatic heterocycles. The zero-order valence-corrected chi connectivity index (χ0v) is 24.7. The number of rotatable bonds is 5. The van der Waals surface area contributed by atoms with Crippen molar-refractivity contribution >= 4 is 27.5 Å². The molecule has 3 saturated heterocycles. The van der Waals surface area contributed by atoms with Crippen LogP contribution in [0.2, 0.25) is 0 Å². The first kappa shape index (κ1) is 29.5. The van der Waals surface area contributed by atoms with Crippen LogP contribution in [0.4, 0.5) is 19.0 Å². The maximum atomic E-state index is 16.7. The molecular weight excluding hydrogens is 587 g/mol. The number of hydrogen-bond acceptors (Lipinski definition) is 9. The fourth-order valence-electron chi connectivity index (χ4n) is 7.10. The summed E-state index contributed by atoms with van der Waals surface area (Å²) >= 11 is 0. The molecule has 0 unspecified atom stereocenters. The number of terminal acetylenes is 1. The molecule has 2 aromatic carbocycles. The van der Waals surface area contributed by atoms with Crippen LogP contribution in [-0.4, -0.2) is 93.4 Å². The Hall–Kier alpha value is -4.18. The molecule has 0 aliphatic carbocycles. The van der Waals surface area contributed by atoms with Crippen molar-refractivity contribution in [1.82, 2.24) is 19.9 Å². The Morgan fingerprint density at radius 2 is 2.07 bits per heavy atom. The number of alkyl halides is 1. The van der Waals surface area contributed by atoms with E-state index in [1.807, 2.05) is 0 Å². The summed E-state index contributed by atoms with van der Waals surface area (Å²) in [7, 11) is 0. The highest BCUT2D eigenvalue weighted by Crippen LogP contribution is 2.42. The molecule has 2 N–H and O–H groups in total. The van der Waals surface area contributed by atoms with Gasteiger partial charge in [-0.1, -0.05) is 12.0 Å². The van der Waals surface area contributed by atoms with Crippen LogP contribution in [0.5, 0.6) is 11.8 Å². The molecule has 0 radical (unpaired) electrons. The molecule has 0 amide bonds. The topological polar surface area (TPSA) is 104 Å². The molecule has 45 heavy (non-hydrogen) atoms. The van der Waals surface area contributed by atoms with E-state index in [-0.39, 0.29) is 77.1 Å². The van der Waals surface area contributed by atoms with Gasteiger partial charge in [0, 0.05) is 36.7 Å². The Morgan fingerprint density at radius 1 is 1.22 bits per heavy atom. The number of aliphatic hydroxyl groups is 1. The lowest BCUT2D eigenvalue weighted by Gasteiger charge is -2.31. The van der Waals surface area contributed by atoms with Crippen LogP contribution in [0.15, 0.2) is 30.5 Å². The van der Waals surface area contributed by atoms with E-state index < -0.39 is 28.9 Å². The summed E-state index contributed by atoms with van der Waals surface area (Å²) in [5.74, 6) is 0.909. The van der Waals surface area contributed by atoms with Crippen LogP contribution in [-0.2, 0) is 4.74 Å². The first-order valence-corrected chi connectivity index (χ1v) is 14.9. The molecule has 4 aromatic rings. The van der Waals surface area contributed by atoms with Crippen molar-refractivity contribution in [2.75, 3.05) is 50.9 Å². The third-order valence-corrected chi connectivity index (χ3v) is 9.08. The minimum absolute atomic E-state index is 0.0889. The number of pyridine rings is 1. The van der Waals surface area contributed by atoms with Gasteiger partial charge in [0.1, 0.15) is 47.0 Å². The maximum absolute atomic E-state index is 16.7. The Balaban J connectivity index is 1.39. The zero-order chi connectivity index (χ0) is 31.5. The van der Waals surface area contributed by atoms with Gasteiger partial charge in [0.05, 0.1) is 36.2 Å². The van der Waals surface area contributed by atoms with E-state index in [1.165, 1.54) is 30.5 Å². The predicted molar refractivity (Wildman–Crippen MR) is 162 cm³/mol. The van der Waals surface area contributed by atoms with Gasteiger partial charge in [-0.05, 0) is 49.9 Å². The van der Waals surface area contributed by atoms with Crippen LogP contribution >= 0.6 is 0 Å². The SMILES string of the molecule is C#Cc1c(F)ccc2cc(O)cc(-c3ncc4c(N5CCOC[C@@](C)(O)C5)nc(OC[C@@]56CCCN5C[C@H](F)C6)nc4c3F)c12. The van der Waals surface area contributed by atoms with Gasteiger partial charge in [-0.2, -0.15) is 9.97 Å². The molecule has 9 nitrogen and oxygen atoms in total. The fourth-order valence-corrected chi connectivity index (χ4v) is 7.10. The van der Waals surface area contributed by atoms with Crippen LogP contribution in [0.3, 0.4) is 0 Å². The molecule has 3 atom stereocenters. The summed E-state index contributed by atoms with van der Waals surface area (Å²) in [5, 5.41) is 22.3. The molecule has 7 rings (SSSR count). The van der Waals surface area contributed by atoms with Gasteiger partial charge >= 0.3 is 6.01 Å². The average Bonchev–Trinajstić information content (AvgIpc) is 3.46. The largest absolute Gasteiger partial charge is 0.508 e. The number of anilines is 1. The van der Waals surface area contributed by atoms with Gasteiger partial charge in [-0.15, -0.1) is 6.42 Å². The smallest absolute Gasteiger partial charge is 0.319 e. The fraction of sp³-hybridized carbons (Fsp3) is 0.424. The molecule has 2 aromatic heterocycles. The molecule has 3 aliphatic rings. The molecule has 0 bridgehead atoms. The molecule has 0 saturated carbocycles. The number of fused-ring (bicyclic) bond motifs is 3. The molecular formula is C33H32F3N5O4. The van der Waals surface area contributed by atoms with E-state index >= 15 is 4.39 Å². The molecule has 5 heterocycles. The Bertz CT molecular complexity index is 1860. The highest BCUT2D eigenvalue weighted by atomic mass is 19.1. The summed E-state index contributed by atoms with van der Waals surface area (Å²) in [4.78, 5) is 17.4. The van der Waals surface area contributed by atoms with Gasteiger partial charge in [0.15, 0.2) is 5.82 Å². The van der Waals surface area contributed by atoms with Crippen molar-refractivity contribution in [3.63, 3.8) is 0 Å². The molecule has 234 valence electrons. The van der Waals surface area contributed by atoms with Gasteiger partial charge in [-0.25, -0.2) is 13.2 Å². The molecule has 3 fully saturated rings. The number of ether oxygens (including phenoxy) is 2. The highest BCUT2D eigenvalue weighted by Gasteiger charge is 2.49. The van der Waals surface area contributed by atoms with E-state index in [0.29, 0.717) is 24.9 Å². The standard InChI is InChI=1S/C33H32F3N5O4/c1-3-22-25(35)6-5-19-11-21(42)12-23(26(19)22)28-27(36)29-24(14-37-28)30(40-9-10-44-17-32(2,43)16-40)39-31(38-29)45-18-33-7-4-8-41(33)15-20(34)13-33/h1,5-6,11-12,14,20,42-43H,4,7-10,13,15-18H2,2H3/t20-,32+,33+/m1/s1. The van der Waals surface area contributed by atoms with Crippen molar-refractivity contribution in [3.8, 4) is 35.4 Å². The normalized spacial score (nSPS) is 25.4. The number of nitrogens with zero attached hydrogens (tertiary/aromatic N) is 5.